The summed E-state index contributed by atoms with van der Waals surface area (Å²) in [5.41, 5.74) is 1.79. The van der Waals surface area contributed by atoms with E-state index in [1.54, 1.807) is 36.4 Å². The van der Waals surface area contributed by atoms with Crippen molar-refractivity contribution in [1.29, 1.82) is 0 Å². The molecule has 0 aliphatic rings. The molecule has 0 aliphatic heterocycles. The number of pyridine rings is 1. The van der Waals surface area contributed by atoms with Gasteiger partial charge >= 0.3 is 0 Å². The Kier molecular flexibility index (Phi) is 7.54. The monoisotopic (exact) mass is 490 g/mol. The van der Waals surface area contributed by atoms with E-state index in [2.05, 4.69) is 10.2 Å². The Morgan fingerprint density at radius 3 is 2.58 bits per heavy atom. The first-order valence-electron chi connectivity index (χ1n) is 9.94. The smallest absolute Gasteiger partial charge is 0.286 e. The summed E-state index contributed by atoms with van der Waals surface area (Å²) in [4.78, 5) is 28.5. The molecule has 0 aliphatic carbocycles. The van der Waals surface area contributed by atoms with Gasteiger partial charge in [0.05, 0.1) is 11.1 Å². The first-order valence-corrected chi connectivity index (χ1v) is 10.7. The summed E-state index contributed by atoms with van der Waals surface area (Å²) >= 11 is 12.4. The number of hydrogen-bond donors (Lipinski definition) is 3. The van der Waals surface area contributed by atoms with Crippen molar-refractivity contribution in [3.8, 4) is 11.1 Å². The molecule has 0 radical (unpaired) electrons. The van der Waals surface area contributed by atoms with E-state index in [4.69, 9.17) is 40.7 Å². The van der Waals surface area contributed by atoms with Crippen molar-refractivity contribution in [2.24, 2.45) is 16.9 Å². The molecule has 1 amide bonds. The number of amides is 1. The molecule has 0 unspecified atom stereocenters. The molecular formula is C21H24Cl2N8O2. The van der Waals surface area contributed by atoms with E-state index in [0.717, 1.165) is 9.69 Å². The van der Waals surface area contributed by atoms with Crippen LogP contribution in [0.4, 0.5) is 5.82 Å². The third kappa shape index (κ3) is 5.25. The maximum atomic E-state index is 13.2. The van der Waals surface area contributed by atoms with Gasteiger partial charge < -0.3 is 5.84 Å². The fourth-order valence-electron chi connectivity index (χ4n) is 3.26. The van der Waals surface area contributed by atoms with E-state index in [0.29, 0.717) is 32.6 Å². The second-order valence-corrected chi connectivity index (χ2v) is 8.48. The van der Waals surface area contributed by atoms with E-state index in [1.807, 2.05) is 13.8 Å². The number of carbonyl (C=O) groups is 1. The Bertz CT molecular complexity index is 1170. The number of nitrogens with zero attached hydrogens (tertiary/aromatic N) is 5. The zero-order valence-electron chi connectivity index (χ0n) is 18.0. The van der Waals surface area contributed by atoms with E-state index >= 15 is 0 Å². The number of nitrogens with two attached hydrogens (primary N) is 3. The van der Waals surface area contributed by atoms with E-state index in [9.17, 15) is 9.70 Å². The third-order valence-corrected chi connectivity index (χ3v) is 5.63. The minimum Gasteiger partial charge on any atom is -0.339 e. The molecule has 1 aromatic carbocycles. The van der Waals surface area contributed by atoms with Crippen molar-refractivity contribution in [3.05, 3.63) is 75.0 Å². The maximum absolute atomic E-state index is 13.2. The lowest BCUT2D eigenvalue weighted by Crippen LogP contribution is -2.43. The van der Waals surface area contributed by atoms with Crippen LogP contribution < -0.4 is 22.5 Å². The number of aromatic nitrogens is 2. The quantitative estimate of drug-likeness (QED) is 0.189. The number of nitrogen functional groups attached to an aromatic ring is 1. The van der Waals surface area contributed by atoms with Gasteiger partial charge in [-0.2, -0.15) is 4.91 Å². The van der Waals surface area contributed by atoms with Crippen LogP contribution in [0.2, 0.25) is 10.0 Å². The standard InChI is InChI=1S/C21H24Cl2N8O2/c1-12(2)30(25)20-8-16(17(23)9-27-20)14-7-18(29(24)11-14)21(32)31(26)19(10-28-33)13-4-3-5-15(22)6-13/h3-9,11-12,19H,10,24-26H2,1-2H3/t19-/m1/s1. The summed E-state index contributed by atoms with van der Waals surface area (Å²) in [6.07, 6.45) is 3.01. The zero-order valence-corrected chi connectivity index (χ0v) is 19.5. The molecule has 2 aromatic heterocycles. The number of carbonyl (C=O) groups excluding carboxylic acids is 1. The van der Waals surface area contributed by atoms with Gasteiger partial charge in [0.1, 0.15) is 18.1 Å². The van der Waals surface area contributed by atoms with Gasteiger partial charge in [-0.3, -0.25) is 19.5 Å². The SMILES string of the molecule is CC(C)N(N)c1cc(-c2cc(C(=O)N(N)[C@H](CN=O)c3cccc(Cl)c3)n(N)c2)c(Cl)cn1. The van der Waals surface area contributed by atoms with Gasteiger partial charge in [-0.05, 0) is 43.7 Å². The van der Waals surface area contributed by atoms with Gasteiger partial charge in [-0.25, -0.2) is 16.7 Å². The van der Waals surface area contributed by atoms with Gasteiger partial charge in [0.2, 0.25) is 0 Å². The minimum atomic E-state index is -0.833. The van der Waals surface area contributed by atoms with Gasteiger partial charge in [-0.15, -0.1) is 0 Å². The van der Waals surface area contributed by atoms with E-state index in [-0.39, 0.29) is 18.3 Å². The average molecular weight is 491 g/mol. The second kappa shape index (κ2) is 10.2. The van der Waals surface area contributed by atoms with E-state index in [1.165, 1.54) is 17.4 Å². The van der Waals surface area contributed by atoms with Gasteiger partial charge in [0, 0.05) is 34.6 Å². The Balaban J connectivity index is 1.96. The topological polar surface area (TPSA) is 149 Å². The predicted molar refractivity (Wildman–Crippen MR) is 130 cm³/mol. The van der Waals surface area contributed by atoms with Gasteiger partial charge in [-0.1, -0.05) is 40.5 Å². The maximum Gasteiger partial charge on any atom is 0.286 e. The van der Waals surface area contributed by atoms with Crippen molar-refractivity contribution in [3.63, 3.8) is 0 Å². The molecule has 33 heavy (non-hydrogen) atoms. The van der Waals surface area contributed by atoms with Crippen LogP contribution in [0.15, 0.2) is 54.0 Å². The van der Waals surface area contributed by atoms with Crippen LogP contribution in [0.1, 0.15) is 35.9 Å². The molecule has 0 saturated heterocycles. The van der Waals surface area contributed by atoms with Crippen molar-refractivity contribution in [1.82, 2.24) is 14.7 Å². The number of benzene rings is 1. The van der Waals surface area contributed by atoms with Crippen molar-refractivity contribution >= 4 is 34.9 Å². The predicted octanol–water partition coefficient (Wildman–Crippen LogP) is 3.48. The molecule has 0 spiro atoms. The Labute approximate surface area is 200 Å². The number of hydrazine groups is 2. The molecule has 2 heterocycles. The largest absolute Gasteiger partial charge is 0.339 e. The molecule has 0 fully saturated rings. The molecule has 3 aromatic rings. The number of hydrogen-bond acceptors (Lipinski definition) is 8. The van der Waals surface area contributed by atoms with Gasteiger partial charge in [0.25, 0.3) is 5.91 Å². The minimum absolute atomic E-state index is 0.00317. The molecule has 6 N–H and O–H groups in total. The van der Waals surface area contributed by atoms with Crippen molar-refractivity contribution < 1.29 is 4.79 Å². The Hall–Kier alpha value is -3.18. The van der Waals surface area contributed by atoms with Crippen molar-refractivity contribution in [2.45, 2.75) is 25.9 Å². The molecular weight excluding hydrogens is 467 g/mol. The van der Waals surface area contributed by atoms with Crippen LogP contribution in [-0.2, 0) is 0 Å². The van der Waals surface area contributed by atoms with Crippen LogP contribution in [0.5, 0.6) is 0 Å². The molecule has 0 saturated carbocycles. The number of anilines is 1. The van der Waals surface area contributed by atoms with Crippen LogP contribution in [0, 0.1) is 4.91 Å². The Morgan fingerprint density at radius 2 is 1.94 bits per heavy atom. The fourth-order valence-corrected chi connectivity index (χ4v) is 3.68. The number of nitroso groups, excluding NO2 is 1. The molecule has 10 nitrogen and oxygen atoms in total. The molecule has 0 bridgehead atoms. The molecule has 1 atom stereocenters. The second-order valence-electron chi connectivity index (χ2n) is 7.64. The highest BCUT2D eigenvalue weighted by atomic mass is 35.5. The highest BCUT2D eigenvalue weighted by molar-refractivity contribution is 6.33. The van der Waals surface area contributed by atoms with E-state index < -0.39 is 11.9 Å². The Morgan fingerprint density at radius 1 is 1.21 bits per heavy atom. The van der Waals surface area contributed by atoms with Crippen LogP contribution in [-0.4, -0.2) is 33.2 Å². The lowest BCUT2D eigenvalue weighted by Gasteiger charge is -2.26. The number of halogens is 2. The highest BCUT2D eigenvalue weighted by Gasteiger charge is 2.27. The van der Waals surface area contributed by atoms with Gasteiger partial charge in [0.15, 0.2) is 0 Å². The zero-order chi connectivity index (χ0) is 24.3. The molecule has 3 rings (SSSR count). The first kappa shape index (κ1) is 24.5. The summed E-state index contributed by atoms with van der Waals surface area (Å²) in [5, 5.41) is 6.12. The number of rotatable bonds is 8. The summed E-state index contributed by atoms with van der Waals surface area (Å²) < 4.78 is 1.14. The summed E-state index contributed by atoms with van der Waals surface area (Å²) in [5.74, 6) is 18.1. The summed E-state index contributed by atoms with van der Waals surface area (Å²) in [6.45, 7) is 3.58. The lowest BCUT2D eigenvalue weighted by molar-refractivity contribution is 0.0672. The molecule has 12 heteroatoms. The first-order chi connectivity index (χ1) is 15.6. The summed E-state index contributed by atoms with van der Waals surface area (Å²) in [6, 6.07) is 9.10. The average Bonchev–Trinajstić information content (AvgIpc) is 3.17. The van der Waals surface area contributed by atoms with Crippen LogP contribution >= 0.6 is 23.2 Å². The third-order valence-electron chi connectivity index (χ3n) is 5.09. The normalized spacial score (nSPS) is 12.0. The highest BCUT2D eigenvalue weighted by Crippen LogP contribution is 2.32. The fraction of sp³-hybridized carbons (Fsp3) is 0.238. The van der Waals surface area contributed by atoms with Crippen LogP contribution in [0.25, 0.3) is 11.1 Å². The lowest BCUT2D eigenvalue weighted by atomic mass is 10.1. The van der Waals surface area contributed by atoms with Crippen molar-refractivity contribution in [2.75, 3.05) is 17.4 Å². The van der Waals surface area contributed by atoms with Crippen LogP contribution in [0.3, 0.4) is 0 Å². The molecule has 174 valence electrons. The summed E-state index contributed by atoms with van der Waals surface area (Å²) in [7, 11) is 0.